The maximum Gasteiger partial charge on any atom is 0.269 e. The Morgan fingerprint density at radius 1 is 1.13 bits per heavy atom. The van der Waals surface area contributed by atoms with Gasteiger partial charge in [-0.15, -0.1) is 0 Å². The van der Waals surface area contributed by atoms with Crippen LogP contribution in [0.3, 0.4) is 0 Å². The summed E-state index contributed by atoms with van der Waals surface area (Å²) in [7, 11) is -2.03. The summed E-state index contributed by atoms with van der Waals surface area (Å²) >= 11 is 5.84. The van der Waals surface area contributed by atoms with Gasteiger partial charge in [0.25, 0.3) is 10.0 Å². The van der Waals surface area contributed by atoms with Crippen LogP contribution >= 0.6 is 11.6 Å². The van der Waals surface area contributed by atoms with Gasteiger partial charge in [0, 0.05) is 42.0 Å². The molecule has 0 aliphatic rings. The first kappa shape index (κ1) is 20.5. The molecule has 4 aromatic rings. The maximum atomic E-state index is 14.2. The Bertz CT molecular complexity index is 1320. The number of fused-ring (bicyclic) bond motifs is 1. The van der Waals surface area contributed by atoms with Crippen molar-refractivity contribution in [1.82, 2.24) is 14.3 Å². The van der Waals surface area contributed by atoms with Crippen LogP contribution < -0.4 is 5.32 Å². The van der Waals surface area contributed by atoms with Crippen LogP contribution in [0.1, 0.15) is 16.7 Å². The van der Waals surface area contributed by atoms with E-state index < -0.39 is 15.8 Å². The molecule has 0 saturated carbocycles. The quantitative estimate of drug-likeness (QED) is 0.480. The molecule has 1 N–H and O–H groups in total. The molecular formula is C22H19ClFN3O2S. The van der Waals surface area contributed by atoms with Gasteiger partial charge in [0.05, 0.1) is 5.52 Å². The molecule has 2 aromatic heterocycles. The van der Waals surface area contributed by atoms with Crippen molar-refractivity contribution in [3.05, 3.63) is 94.7 Å². The summed E-state index contributed by atoms with van der Waals surface area (Å²) in [5, 5.41) is 4.22. The van der Waals surface area contributed by atoms with Crippen LogP contribution in [0, 0.1) is 5.82 Å². The summed E-state index contributed by atoms with van der Waals surface area (Å²) in [5.41, 5.74) is 2.67. The summed E-state index contributed by atoms with van der Waals surface area (Å²) in [6.07, 6.45) is 4.79. The van der Waals surface area contributed by atoms with E-state index >= 15 is 0 Å². The van der Waals surface area contributed by atoms with Gasteiger partial charge in [-0.25, -0.2) is 16.8 Å². The highest BCUT2D eigenvalue weighted by atomic mass is 35.5. The molecule has 0 fully saturated rings. The molecule has 154 valence electrons. The number of hydrogen-bond acceptors (Lipinski definition) is 4. The number of rotatable bonds is 6. The highest BCUT2D eigenvalue weighted by Gasteiger charge is 2.21. The summed E-state index contributed by atoms with van der Waals surface area (Å²) in [5.74, 6) is -0.392. The zero-order valence-corrected chi connectivity index (χ0v) is 17.7. The average molecular weight is 444 g/mol. The lowest BCUT2D eigenvalue weighted by Gasteiger charge is -2.09. The first-order chi connectivity index (χ1) is 14.4. The van der Waals surface area contributed by atoms with E-state index in [1.54, 1.807) is 37.5 Å². The molecule has 0 aliphatic heterocycles. The van der Waals surface area contributed by atoms with Crippen molar-refractivity contribution < 1.29 is 12.8 Å². The van der Waals surface area contributed by atoms with Crippen molar-refractivity contribution >= 4 is 32.5 Å². The van der Waals surface area contributed by atoms with E-state index in [4.69, 9.17) is 11.6 Å². The number of hydrogen-bond donors (Lipinski definition) is 1. The zero-order valence-electron chi connectivity index (χ0n) is 16.1. The first-order valence-electron chi connectivity index (χ1n) is 9.27. The molecule has 4 rings (SSSR count). The normalized spacial score (nSPS) is 11.8. The van der Waals surface area contributed by atoms with Crippen molar-refractivity contribution in [1.29, 1.82) is 0 Å². The van der Waals surface area contributed by atoms with Gasteiger partial charge in [-0.3, -0.25) is 4.98 Å². The summed E-state index contributed by atoms with van der Waals surface area (Å²) in [4.78, 5) is 4.04. The van der Waals surface area contributed by atoms with Gasteiger partial charge in [-0.1, -0.05) is 29.8 Å². The largest absolute Gasteiger partial charge is 0.316 e. The number of nitrogens with zero attached hydrogens (tertiary/aromatic N) is 2. The minimum absolute atomic E-state index is 0.104. The van der Waals surface area contributed by atoms with Crippen molar-refractivity contribution in [2.24, 2.45) is 0 Å². The summed E-state index contributed by atoms with van der Waals surface area (Å²) in [6.45, 7) is 0.511. The maximum absolute atomic E-state index is 14.2. The van der Waals surface area contributed by atoms with Crippen LogP contribution in [0.4, 0.5) is 4.39 Å². The average Bonchev–Trinajstić information content (AvgIpc) is 3.10. The topological polar surface area (TPSA) is 64.0 Å². The smallest absolute Gasteiger partial charge is 0.269 e. The van der Waals surface area contributed by atoms with E-state index in [9.17, 15) is 12.8 Å². The summed E-state index contributed by atoms with van der Waals surface area (Å²) < 4.78 is 42.0. The van der Waals surface area contributed by atoms with Gasteiger partial charge >= 0.3 is 0 Å². The second-order valence-electron chi connectivity index (χ2n) is 6.94. The van der Waals surface area contributed by atoms with E-state index in [1.807, 2.05) is 12.1 Å². The Hall–Kier alpha value is -2.74. The third-order valence-electron chi connectivity index (χ3n) is 4.89. The Morgan fingerprint density at radius 2 is 1.97 bits per heavy atom. The van der Waals surface area contributed by atoms with Crippen LogP contribution in [0.2, 0.25) is 5.02 Å². The fourth-order valence-corrected chi connectivity index (χ4v) is 4.96. The molecule has 0 spiro atoms. The minimum Gasteiger partial charge on any atom is -0.316 e. The van der Waals surface area contributed by atoms with Gasteiger partial charge in [0.1, 0.15) is 10.7 Å². The Balaban J connectivity index is 1.85. The van der Waals surface area contributed by atoms with Gasteiger partial charge in [-0.2, -0.15) is 0 Å². The fraction of sp³-hybridized carbons (Fsp3) is 0.136. The molecule has 0 amide bonds. The van der Waals surface area contributed by atoms with Gasteiger partial charge in [0.15, 0.2) is 0 Å². The predicted octanol–water partition coefficient (Wildman–Crippen LogP) is 4.38. The van der Waals surface area contributed by atoms with Crippen LogP contribution in [0.15, 0.2) is 72.0 Å². The molecule has 30 heavy (non-hydrogen) atoms. The van der Waals surface area contributed by atoms with E-state index in [2.05, 4.69) is 10.3 Å². The molecule has 5 nitrogen and oxygen atoms in total. The van der Waals surface area contributed by atoms with Gasteiger partial charge in [0.2, 0.25) is 0 Å². The van der Waals surface area contributed by atoms with Crippen molar-refractivity contribution in [3.63, 3.8) is 0 Å². The molecule has 8 heteroatoms. The zero-order chi connectivity index (χ0) is 21.3. The SMILES string of the molecule is CNCc1cn(S(=O)(=O)c2cccnc2)c2cc(Cc3ccc(Cl)cc3F)ccc12. The molecule has 0 aliphatic carbocycles. The van der Waals surface area contributed by atoms with E-state index in [0.29, 0.717) is 29.1 Å². The first-order valence-corrected chi connectivity index (χ1v) is 11.1. The van der Waals surface area contributed by atoms with Gasteiger partial charge in [-0.05, 0) is 54.1 Å². The monoisotopic (exact) mass is 443 g/mol. The summed E-state index contributed by atoms with van der Waals surface area (Å²) in [6, 6.07) is 13.2. The predicted molar refractivity (Wildman–Crippen MR) is 116 cm³/mol. The van der Waals surface area contributed by atoms with Crippen LogP contribution in [0.25, 0.3) is 10.9 Å². The molecule has 0 atom stereocenters. The van der Waals surface area contributed by atoms with Crippen molar-refractivity contribution in [2.45, 2.75) is 17.9 Å². The van der Waals surface area contributed by atoms with E-state index in [-0.39, 0.29) is 4.90 Å². The molecule has 2 heterocycles. The minimum atomic E-state index is -3.83. The Morgan fingerprint density at radius 3 is 2.67 bits per heavy atom. The fourth-order valence-electron chi connectivity index (χ4n) is 3.45. The van der Waals surface area contributed by atoms with Crippen molar-refractivity contribution in [2.75, 3.05) is 7.05 Å². The van der Waals surface area contributed by atoms with E-state index in [0.717, 1.165) is 16.5 Å². The highest BCUT2D eigenvalue weighted by molar-refractivity contribution is 7.90. The number of aromatic nitrogens is 2. The second kappa shape index (κ2) is 8.18. The Labute approximate surface area is 179 Å². The molecule has 0 saturated heterocycles. The standard InChI is InChI=1S/C22H19ClFN3O2S/c1-25-12-17-14-27(30(28,29)19-3-2-8-26-13-19)22-10-15(4-7-20(17)22)9-16-5-6-18(23)11-21(16)24/h2-8,10-11,13-14,25H,9,12H2,1H3. The van der Waals surface area contributed by atoms with Crippen LogP contribution in [0.5, 0.6) is 0 Å². The molecular weight excluding hydrogens is 425 g/mol. The third kappa shape index (κ3) is 3.84. The van der Waals surface area contributed by atoms with Crippen LogP contribution in [-0.4, -0.2) is 24.4 Å². The molecule has 0 bridgehead atoms. The number of nitrogens with one attached hydrogen (secondary N) is 1. The van der Waals surface area contributed by atoms with Crippen LogP contribution in [-0.2, 0) is 23.0 Å². The molecule has 2 aromatic carbocycles. The third-order valence-corrected chi connectivity index (χ3v) is 6.78. The number of benzene rings is 2. The number of halogens is 2. The number of pyridine rings is 1. The molecule has 0 unspecified atom stereocenters. The lowest BCUT2D eigenvalue weighted by molar-refractivity contribution is 0.588. The van der Waals surface area contributed by atoms with Crippen molar-refractivity contribution in [3.8, 4) is 0 Å². The van der Waals surface area contributed by atoms with Gasteiger partial charge < -0.3 is 5.32 Å². The van der Waals surface area contributed by atoms with E-state index in [1.165, 1.54) is 28.5 Å². The lowest BCUT2D eigenvalue weighted by Crippen LogP contribution is -2.12. The Kier molecular flexibility index (Phi) is 5.60. The highest BCUT2D eigenvalue weighted by Crippen LogP contribution is 2.28. The second-order valence-corrected chi connectivity index (χ2v) is 9.19. The lowest BCUT2D eigenvalue weighted by atomic mass is 10.0. The molecule has 0 radical (unpaired) electrons.